The van der Waals surface area contributed by atoms with Crippen molar-refractivity contribution in [1.82, 2.24) is 4.90 Å². The van der Waals surface area contributed by atoms with Crippen molar-refractivity contribution in [3.8, 4) is 0 Å². The zero-order valence-electron chi connectivity index (χ0n) is 10.2. The molecule has 0 spiro atoms. The minimum atomic E-state index is -2.96. The van der Waals surface area contributed by atoms with Gasteiger partial charge in [0.1, 0.15) is 0 Å². The summed E-state index contributed by atoms with van der Waals surface area (Å²) in [6.07, 6.45) is 0. The molecule has 0 bridgehead atoms. The van der Waals surface area contributed by atoms with Gasteiger partial charge in [0.05, 0.1) is 18.1 Å². The average molecular weight is 250 g/mol. The second kappa shape index (κ2) is 5.44. The van der Waals surface area contributed by atoms with Gasteiger partial charge in [-0.25, -0.2) is 8.42 Å². The van der Waals surface area contributed by atoms with E-state index in [9.17, 15) is 8.42 Å². The molecule has 3 atom stereocenters. The van der Waals surface area contributed by atoms with Crippen LogP contribution in [0.2, 0.25) is 0 Å². The molecule has 0 aromatic rings. The third-order valence-corrected chi connectivity index (χ3v) is 4.87. The van der Waals surface area contributed by atoms with E-state index in [2.05, 4.69) is 4.90 Å². The maximum atomic E-state index is 11.5. The van der Waals surface area contributed by atoms with Gasteiger partial charge in [0.15, 0.2) is 9.84 Å². The predicted molar refractivity (Wildman–Crippen MR) is 64.1 cm³/mol. The lowest BCUT2D eigenvalue weighted by molar-refractivity contribution is 0.0757. The van der Waals surface area contributed by atoms with E-state index in [0.717, 1.165) is 6.54 Å². The third kappa shape index (κ3) is 3.16. The van der Waals surface area contributed by atoms with E-state index in [1.807, 2.05) is 13.8 Å². The Morgan fingerprint density at radius 1 is 1.50 bits per heavy atom. The van der Waals surface area contributed by atoms with Crippen LogP contribution in [0.3, 0.4) is 0 Å². The molecule has 0 saturated carbocycles. The largest absolute Gasteiger partial charge is 0.383 e. The van der Waals surface area contributed by atoms with Crippen molar-refractivity contribution in [3.63, 3.8) is 0 Å². The number of sulfone groups is 1. The average Bonchev–Trinajstić information content (AvgIpc) is 2.42. The Kier molecular flexibility index (Phi) is 4.73. The van der Waals surface area contributed by atoms with Crippen molar-refractivity contribution in [2.75, 3.05) is 31.8 Å². The monoisotopic (exact) mass is 250 g/mol. The van der Waals surface area contributed by atoms with E-state index in [0.29, 0.717) is 6.61 Å². The summed E-state index contributed by atoms with van der Waals surface area (Å²) in [7, 11) is -1.31. The molecule has 0 aromatic carbocycles. The SMILES string of the molecule is CCN(C(C)COC)C1CS(=O)(=O)CC1N. The molecule has 0 aliphatic carbocycles. The number of rotatable bonds is 5. The zero-order chi connectivity index (χ0) is 12.3. The van der Waals surface area contributed by atoms with Crippen molar-refractivity contribution in [3.05, 3.63) is 0 Å². The van der Waals surface area contributed by atoms with E-state index < -0.39 is 9.84 Å². The van der Waals surface area contributed by atoms with Crippen molar-refractivity contribution in [2.45, 2.75) is 32.0 Å². The first kappa shape index (κ1) is 13.9. The van der Waals surface area contributed by atoms with Gasteiger partial charge >= 0.3 is 0 Å². The molecule has 1 heterocycles. The molecule has 2 N–H and O–H groups in total. The van der Waals surface area contributed by atoms with Gasteiger partial charge in [0.2, 0.25) is 0 Å². The summed E-state index contributed by atoms with van der Waals surface area (Å²) in [5, 5.41) is 0. The van der Waals surface area contributed by atoms with Crippen LogP contribution in [0.1, 0.15) is 13.8 Å². The number of likely N-dealkylation sites (N-methyl/N-ethyl adjacent to an activating group) is 1. The standard InChI is InChI=1S/C10H22N2O3S/c1-4-12(8(2)5-15-3)10-7-16(13,14)6-9(10)11/h8-10H,4-7,11H2,1-3H3. The summed E-state index contributed by atoms with van der Waals surface area (Å²) in [5.74, 6) is 0.282. The van der Waals surface area contributed by atoms with E-state index in [1.54, 1.807) is 7.11 Å². The normalized spacial score (nSPS) is 30.8. The van der Waals surface area contributed by atoms with Crippen LogP contribution >= 0.6 is 0 Å². The molecule has 16 heavy (non-hydrogen) atoms. The predicted octanol–water partition coefficient (Wildman–Crippen LogP) is -0.532. The number of hydrogen-bond acceptors (Lipinski definition) is 5. The smallest absolute Gasteiger partial charge is 0.153 e. The number of ether oxygens (including phenoxy) is 1. The minimum Gasteiger partial charge on any atom is -0.383 e. The molecule has 3 unspecified atom stereocenters. The lowest BCUT2D eigenvalue weighted by Gasteiger charge is -2.34. The maximum absolute atomic E-state index is 11.5. The van der Waals surface area contributed by atoms with Crippen LogP contribution in [0.15, 0.2) is 0 Å². The van der Waals surface area contributed by atoms with Gasteiger partial charge in [-0.3, -0.25) is 4.90 Å². The first-order valence-electron chi connectivity index (χ1n) is 5.62. The first-order chi connectivity index (χ1) is 7.41. The lowest BCUT2D eigenvalue weighted by atomic mass is 10.1. The molecule has 0 radical (unpaired) electrons. The van der Waals surface area contributed by atoms with Crippen molar-refractivity contribution >= 4 is 9.84 Å². The number of methoxy groups -OCH3 is 1. The molecule has 1 rings (SSSR count). The fourth-order valence-corrected chi connectivity index (χ4v) is 4.31. The quantitative estimate of drug-likeness (QED) is 0.710. The summed E-state index contributed by atoms with van der Waals surface area (Å²) in [5.41, 5.74) is 5.90. The Morgan fingerprint density at radius 2 is 2.12 bits per heavy atom. The highest BCUT2D eigenvalue weighted by Gasteiger charge is 2.39. The van der Waals surface area contributed by atoms with Crippen LogP contribution < -0.4 is 5.73 Å². The topological polar surface area (TPSA) is 72.6 Å². The van der Waals surface area contributed by atoms with Crippen LogP contribution in [0.4, 0.5) is 0 Å². The minimum absolute atomic E-state index is 0.0693. The molecular weight excluding hydrogens is 228 g/mol. The van der Waals surface area contributed by atoms with Gasteiger partial charge < -0.3 is 10.5 Å². The summed E-state index contributed by atoms with van der Waals surface area (Å²) >= 11 is 0. The molecule has 1 fully saturated rings. The Hall–Kier alpha value is -0.170. The third-order valence-electron chi connectivity index (χ3n) is 3.13. The van der Waals surface area contributed by atoms with Gasteiger partial charge in [-0.2, -0.15) is 0 Å². The summed E-state index contributed by atoms with van der Waals surface area (Å²) in [6.45, 7) is 5.43. The van der Waals surface area contributed by atoms with Crippen molar-refractivity contribution in [1.29, 1.82) is 0 Å². The molecule has 1 saturated heterocycles. The van der Waals surface area contributed by atoms with Crippen LogP contribution in [-0.4, -0.2) is 63.2 Å². The number of nitrogens with zero attached hydrogens (tertiary/aromatic N) is 1. The molecule has 5 nitrogen and oxygen atoms in total. The van der Waals surface area contributed by atoms with Gasteiger partial charge in [-0.15, -0.1) is 0 Å². The summed E-state index contributed by atoms with van der Waals surface area (Å²) in [4.78, 5) is 2.12. The maximum Gasteiger partial charge on any atom is 0.153 e. The van der Waals surface area contributed by atoms with Crippen LogP contribution in [0.5, 0.6) is 0 Å². The lowest BCUT2D eigenvalue weighted by Crippen LogP contribution is -2.51. The van der Waals surface area contributed by atoms with Crippen molar-refractivity contribution < 1.29 is 13.2 Å². The Balaban J connectivity index is 2.74. The summed E-state index contributed by atoms with van der Waals surface area (Å²) in [6, 6.07) is -0.149. The number of nitrogens with two attached hydrogens (primary N) is 1. The van der Waals surface area contributed by atoms with E-state index in [-0.39, 0.29) is 29.6 Å². The van der Waals surface area contributed by atoms with Crippen LogP contribution in [0, 0.1) is 0 Å². The highest BCUT2D eigenvalue weighted by molar-refractivity contribution is 7.91. The highest BCUT2D eigenvalue weighted by atomic mass is 32.2. The Morgan fingerprint density at radius 3 is 2.50 bits per heavy atom. The molecule has 1 aliphatic rings. The molecule has 6 heteroatoms. The van der Waals surface area contributed by atoms with Crippen molar-refractivity contribution in [2.24, 2.45) is 5.73 Å². The first-order valence-corrected chi connectivity index (χ1v) is 7.44. The highest BCUT2D eigenvalue weighted by Crippen LogP contribution is 2.19. The van der Waals surface area contributed by atoms with Crippen LogP contribution in [-0.2, 0) is 14.6 Å². The molecule has 96 valence electrons. The van der Waals surface area contributed by atoms with Gasteiger partial charge in [-0.05, 0) is 13.5 Å². The van der Waals surface area contributed by atoms with E-state index >= 15 is 0 Å². The molecule has 1 aliphatic heterocycles. The molecule has 0 amide bonds. The summed E-state index contributed by atoms with van der Waals surface area (Å²) < 4.78 is 28.1. The second-order valence-corrected chi connectivity index (χ2v) is 6.60. The fourth-order valence-electron chi connectivity index (χ4n) is 2.41. The van der Waals surface area contributed by atoms with Crippen LogP contribution in [0.25, 0.3) is 0 Å². The van der Waals surface area contributed by atoms with Gasteiger partial charge in [-0.1, -0.05) is 6.92 Å². The number of hydrogen-bond donors (Lipinski definition) is 1. The Bertz CT molecular complexity index is 318. The fraction of sp³-hybridized carbons (Fsp3) is 1.00. The molecular formula is C10H22N2O3S. The van der Waals surface area contributed by atoms with E-state index in [4.69, 9.17) is 10.5 Å². The van der Waals surface area contributed by atoms with E-state index in [1.165, 1.54) is 0 Å². The Labute approximate surface area is 97.9 Å². The van der Waals surface area contributed by atoms with Gasteiger partial charge in [0, 0.05) is 25.2 Å². The molecule has 0 aromatic heterocycles. The second-order valence-electron chi connectivity index (χ2n) is 4.44. The zero-order valence-corrected chi connectivity index (χ0v) is 11.0. The van der Waals surface area contributed by atoms with Gasteiger partial charge in [0.25, 0.3) is 0 Å².